The van der Waals surface area contributed by atoms with Crippen LogP contribution in [0.15, 0.2) is 23.1 Å². The van der Waals surface area contributed by atoms with Crippen LogP contribution in [0.1, 0.15) is 23.2 Å². The third-order valence-corrected chi connectivity index (χ3v) is 6.48. The number of carbonyl (C=O) groups excluding carboxylic acids is 2. The third-order valence-electron chi connectivity index (χ3n) is 4.58. The number of ether oxygens (including phenoxy) is 2. The van der Waals surface area contributed by atoms with E-state index in [-0.39, 0.29) is 16.4 Å². The molecule has 2 saturated heterocycles. The van der Waals surface area contributed by atoms with Crippen LogP contribution < -0.4 is 0 Å². The molecule has 2 aliphatic rings. The molecule has 0 spiro atoms. The molecule has 0 atom stereocenters. The minimum absolute atomic E-state index is 0.0892. The predicted octanol–water partition coefficient (Wildman–Crippen LogP) is 0.192. The number of hydrogen-bond acceptors (Lipinski definition) is 7. The number of phenols is 1. The minimum Gasteiger partial charge on any atom is -0.507 e. The number of carbonyl (C=O) groups is 2. The number of sulfonamides is 1. The van der Waals surface area contributed by atoms with E-state index in [1.54, 1.807) is 0 Å². The maximum Gasteiger partial charge on any atom is 0.342 e. The van der Waals surface area contributed by atoms with Crippen molar-refractivity contribution in [2.75, 3.05) is 46.0 Å². The van der Waals surface area contributed by atoms with Crippen LogP contribution in [0, 0.1) is 0 Å². The van der Waals surface area contributed by atoms with Gasteiger partial charge in [0.05, 0.1) is 18.1 Å². The smallest absolute Gasteiger partial charge is 0.342 e. The van der Waals surface area contributed by atoms with Crippen LogP contribution in [0.5, 0.6) is 5.75 Å². The summed E-state index contributed by atoms with van der Waals surface area (Å²) in [7, 11) is -3.73. The van der Waals surface area contributed by atoms with Crippen LogP contribution in [-0.2, 0) is 24.3 Å². The molecule has 27 heavy (non-hydrogen) atoms. The maximum atomic E-state index is 12.6. The van der Waals surface area contributed by atoms with Gasteiger partial charge >= 0.3 is 5.97 Å². The molecule has 0 unspecified atom stereocenters. The second-order valence-electron chi connectivity index (χ2n) is 6.36. The highest BCUT2D eigenvalue weighted by molar-refractivity contribution is 7.89. The number of amides is 1. The van der Waals surface area contributed by atoms with Crippen molar-refractivity contribution in [3.05, 3.63) is 23.8 Å². The van der Waals surface area contributed by atoms with Gasteiger partial charge in [0, 0.05) is 26.2 Å². The van der Waals surface area contributed by atoms with Gasteiger partial charge in [-0.3, -0.25) is 4.79 Å². The van der Waals surface area contributed by atoms with E-state index in [0.717, 1.165) is 25.0 Å². The molecule has 0 saturated carbocycles. The number of esters is 1. The van der Waals surface area contributed by atoms with Crippen molar-refractivity contribution in [2.24, 2.45) is 0 Å². The highest BCUT2D eigenvalue weighted by Gasteiger charge is 2.29. The Bertz CT molecular complexity index is 813. The van der Waals surface area contributed by atoms with Gasteiger partial charge in [0.15, 0.2) is 6.61 Å². The second kappa shape index (κ2) is 8.24. The van der Waals surface area contributed by atoms with E-state index in [2.05, 4.69) is 0 Å². The number of phenolic OH excluding ortho intramolecular Hbond substituents is 1. The van der Waals surface area contributed by atoms with E-state index in [0.29, 0.717) is 39.4 Å². The number of morpholine rings is 1. The van der Waals surface area contributed by atoms with Gasteiger partial charge in [-0.1, -0.05) is 0 Å². The largest absolute Gasteiger partial charge is 0.507 e. The minimum atomic E-state index is -3.73. The summed E-state index contributed by atoms with van der Waals surface area (Å²) in [6.07, 6.45) is 1.58. The SMILES string of the molecule is O=C(OCC(=O)N1CCOCC1)c1cc(S(=O)(=O)N2CCCC2)ccc1O. The number of rotatable bonds is 5. The van der Waals surface area contributed by atoms with Gasteiger partial charge in [0.25, 0.3) is 5.91 Å². The van der Waals surface area contributed by atoms with Gasteiger partial charge in [0.2, 0.25) is 10.0 Å². The van der Waals surface area contributed by atoms with Crippen molar-refractivity contribution in [1.29, 1.82) is 0 Å². The van der Waals surface area contributed by atoms with Crippen molar-refractivity contribution in [2.45, 2.75) is 17.7 Å². The number of benzene rings is 1. The first-order chi connectivity index (χ1) is 12.9. The van der Waals surface area contributed by atoms with E-state index in [9.17, 15) is 23.1 Å². The monoisotopic (exact) mass is 398 g/mol. The molecule has 148 valence electrons. The van der Waals surface area contributed by atoms with Crippen LogP contribution in [0.2, 0.25) is 0 Å². The Morgan fingerprint density at radius 1 is 1.11 bits per heavy atom. The molecular formula is C17H22N2O7S. The summed E-state index contributed by atoms with van der Waals surface area (Å²) in [6, 6.07) is 3.48. The molecule has 2 aliphatic heterocycles. The summed E-state index contributed by atoms with van der Waals surface area (Å²) in [5, 5.41) is 9.93. The van der Waals surface area contributed by atoms with E-state index in [1.165, 1.54) is 15.3 Å². The molecule has 1 aromatic rings. The van der Waals surface area contributed by atoms with E-state index >= 15 is 0 Å². The van der Waals surface area contributed by atoms with E-state index < -0.39 is 28.3 Å². The molecule has 0 aliphatic carbocycles. The molecule has 0 aromatic heterocycles. The topological polar surface area (TPSA) is 113 Å². The van der Waals surface area contributed by atoms with E-state index in [4.69, 9.17) is 9.47 Å². The molecule has 0 bridgehead atoms. The molecule has 1 N–H and O–H groups in total. The Balaban J connectivity index is 1.70. The van der Waals surface area contributed by atoms with Crippen molar-refractivity contribution in [3.63, 3.8) is 0 Å². The molecule has 9 nitrogen and oxygen atoms in total. The van der Waals surface area contributed by atoms with Gasteiger partial charge in [0.1, 0.15) is 11.3 Å². The maximum absolute atomic E-state index is 12.6. The first-order valence-corrected chi connectivity index (χ1v) is 10.2. The number of nitrogens with zero attached hydrogens (tertiary/aromatic N) is 2. The second-order valence-corrected chi connectivity index (χ2v) is 8.30. The van der Waals surface area contributed by atoms with Gasteiger partial charge in [-0.25, -0.2) is 13.2 Å². The normalized spacial score (nSPS) is 18.4. The zero-order chi connectivity index (χ0) is 19.4. The zero-order valence-electron chi connectivity index (χ0n) is 14.8. The van der Waals surface area contributed by atoms with Gasteiger partial charge in [-0.15, -0.1) is 0 Å². The summed E-state index contributed by atoms with van der Waals surface area (Å²) in [6.45, 7) is 2.07. The van der Waals surface area contributed by atoms with Crippen LogP contribution >= 0.6 is 0 Å². The highest BCUT2D eigenvalue weighted by Crippen LogP contribution is 2.26. The zero-order valence-corrected chi connectivity index (χ0v) is 15.6. The Morgan fingerprint density at radius 2 is 1.78 bits per heavy atom. The van der Waals surface area contributed by atoms with E-state index in [1.807, 2.05) is 0 Å². The molecule has 2 fully saturated rings. The highest BCUT2D eigenvalue weighted by atomic mass is 32.2. The molecule has 2 heterocycles. The van der Waals surface area contributed by atoms with Crippen LogP contribution in [0.25, 0.3) is 0 Å². The standard InChI is InChI=1S/C17H22N2O7S/c20-15-4-3-13(27(23,24)19-5-1-2-6-19)11-14(15)17(22)26-12-16(21)18-7-9-25-10-8-18/h3-4,11,20H,1-2,5-10,12H2. The molecule has 0 radical (unpaired) electrons. The summed E-state index contributed by atoms with van der Waals surface area (Å²) in [4.78, 5) is 25.7. The third kappa shape index (κ3) is 4.40. The first-order valence-electron chi connectivity index (χ1n) is 8.75. The lowest BCUT2D eigenvalue weighted by Gasteiger charge is -2.26. The number of aromatic hydroxyl groups is 1. The lowest BCUT2D eigenvalue weighted by Crippen LogP contribution is -2.42. The average Bonchev–Trinajstić information content (AvgIpc) is 3.22. The Morgan fingerprint density at radius 3 is 2.44 bits per heavy atom. The fourth-order valence-corrected chi connectivity index (χ4v) is 4.57. The van der Waals surface area contributed by atoms with Crippen molar-refractivity contribution < 1.29 is 32.6 Å². The molecule has 1 amide bonds. The quantitative estimate of drug-likeness (QED) is 0.705. The summed E-state index contributed by atoms with van der Waals surface area (Å²) in [5.74, 6) is -1.72. The predicted molar refractivity (Wildman–Crippen MR) is 93.8 cm³/mol. The van der Waals surface area contributed by atoms with Gasteiger partial charge in [-0.2, -0.15) is 4.31 Å². The Kier molecular flexibility index (Phi) is 5.98. The molecule has 1 aromatic carbocycles. The number of hydrogen-bond donors (Lipinski definition) is 1. The summed E-state index contributed by atoms with van der Waals surface area (Å²) >= 11 is 0. The van der Waals surface area contributed by atoms with Gasteiger partial charge in [-0.05, 0) is 31.0 Å². The Labute approximate surface area is 157 Å². The fraction of sp³-hybridized carbons (Fsp3) is 0.529. The lowest BCUT2D eigenvalue weighted by molar-refractivity contribution is -0.138. The van der Waals surface area contributed by atoms with Crippen molar-refractivity contribution in [3.8, 4) is 5.75 Å². The first kappa shape index (κ1) is 19.6. The van der Waals surface area contributed by atoms with Gasteiger partial charge < -0.3 is 19.5 Å². The van der Waals surface area contributed by atoms with Crippen LogP contribution in [0.4, 0.5) is 0 Å². The van der Waals surface area contributed by atoms with Crippen molar-refractivity contribution in [1.82, 2.24) is 9.21 Å². The fourth-order valence-electron chi connectivity index (χ4n) is 3.03. The molecule has 3 rings (SSSR count). The molecular weight excluding hydrogens is 376 g/mol. The molecule has 10 heteroatoms. The summed E-state index contributed by atoms with van der Waals surface area (Å²) < 4.78 is 36.7. The Hall–Kier alpha value is -2.17. The van der Waals surface area contributed by atoms with Crippen LogP contribution in [0.3, 0.4) is 0 Å². The van der Waals surface area contributed by atoms with Crippen molar-refractivity contribution >= 4 is 21.9 Å². The summed E-state index contributed by atoms with van der Waals surface area (Å²) in [5.41, 5.74) is -0.287. The van der Waals surface area contributed by atoms with Crippen LogP contribution in [-0.4, -0.2) is 80.6 Å². The lowest BCUT2D eigenvalue weighted by atomic mass is 10.2. The average molecular weight is 398 g/mol.